The van der Waals surface area contributed by atoms with Gasteiger partial charge in [0.1, 0.15) is 11.9 Å². The number of hydrogen-bond acceptors (Lipinski definition) is 2. The van der Waals surface area contributed by atoms with E-state index in [4.69, 9.17) is 0 Å². The van der Waals surface area contributed by atoms with Crippen molar-refractivity contribution in [2.45, 2.75) is 26.8 Å². The van der Waals surface area contributed by atoms with Gasteiger partial charge in [-0.1, -0.05) is 13.8 Å². The monoisotopic (exact) mass is 342 g/mol. The van der Waals surface area contributed by atoms with Crippen LogP contribution in [0.15, 0.2) is 16.6 Å². The number of carbonyl (C=O) groups is 2. The number of hydrogen-bond donors (Lipinski definition) is 1. The van der Waals surface area contributed by atoms with Gasteiger partial charge in [0.2, 0.25) is 11.8 Å². The smallest absolute Gasteiger partial charge is 0.247 e. The van der Waals surface area contributed by atoms with E-state index in [-0.39, 0.29) is 24.3 Å². The predicted molar refractivity (Wildman–Crippen MR) is 78.0 cm³/mol. The Balaban J connectivity index is 2.54. The first kappa shape index (κ1) is 15.0. The average molecular weight is 343 g/mol. The lowest BCUT2D eigenvalue weighted by atomic mass is 9.97. The molecule has 0 aromatic heterocycles. The van der Waals surface area contributed by atoms with Gasteiger partial charge in [0, 0.05) is 0 Å². The standard InChI is InChI=1S/C14H16BrFN2O2/c1-7(2)13-14(20)17-6-12(19)18(13)11-5-10(16)9(15)4-8(11)3/h4-5,7,13H,6H2,1-3H3,(H,17,20). The SMILES string of the molecule is Cc1cc(Br)c(F)cc1N1C(=O)CNC(=O)C1C(C)C. The van der Waals surface area contributed by atoms with Gasteiger partial charge in [-0.25, -0.2) is 4.39 Å². The van der Waals surface area contributed by atoms with Gasteiger partial charge in [-0.3, -0.25) is 14.5 Å². The van der Waals surface area contributed by atoms with Crippen molar-refractivity contribution in [2.75, 3.05) is 11.4 Å². The maximum absolute atomic E-state index is 13.8. The first-order valence-electron chi connectivity index (χ1n) is 6.38. The van der Waals surface area contributed by atoms with Crippen LogP contribution >= 0.6 is 15.9 Å². The van der Waals surface area contributed by atoms with Crippen LogP contribution in [-0.2, 0) is 9.59 Å². The number of amides is 2. The van der Waals surface area contributed by atoms with Crippen LogP contribution in [0, 0.1) is 18.7 Å². The largest absolute Gasteiger partial charge is 0.345 e. The first-order valence-corrected chi connectivity index (χ1v) is 7.17. The van der Waals surface area contributed by atoms with Gasteiger partial charge in [-0.2, -0.15) is 0 Å². The molecule has 1 saturated heterocycles. The molecule has 1 aliphatic heterocycles. The Morgan fingerprint density at radius 1 is 1.40 bits per heavy atom. The van der Waals surface area contributed by atoms with E-state index in [0.29, 0.717) is 10.2 Å². The van der Waals surface area contributed by atoms with Crippen molar-refractivity contribution in [3.05, 3.63) is 28.0 Å². The van der Waals surface area contributed by atoms with Crippen molar-refractivity contribution in [3.8, 4) is 0 Å². The molecule has 6 heteroatoms. The van der Waals surface area contributed by atoms with Crippen LogP contribution in [0.1, 0.15) is 19.4 Å². The normalized spacial score (nSPS) is 19.5. The number of rotatable bonds is 2. The van der Waals surface area contributed by atoms with Gasteiger partial charge in [-0.15, -0.1) is 0 Å². The number of anilines is 1. The third-order valence-electron chi connectivity index (χ3n) is 3.36. The Labute approximate surface area is 125 Å². The molecule has 4 nitrogen and oxygen atoms in total. The minimum absolute atomic E-state index is 0.0564. The molecule has 20 heavy (non-hydrogen) atoms. The van der Waals surface area contributed by atoms with Crippen LogP contribution in [0.25, 0.3) is 0 Å². The maximum Gasteiger partial charge on any atom is 0.247 e. The Hall–Kier alpha value is -1.43. The molecule has 1 N–H and O–H groups in total. The van der Waals surface area contributed by atoms with Gasteiger partial charge in [-0.05, 0) is 46.5 Å². The van der Waals surface area contributed by atoms with Gasteiger partial charge >= 0.3 is 0 Å². The van der Waals surface area contributed by atoms with Crippen molar-refractivity contribution in [2.24, 2.45) is 5.92 Å². The third kappa shape index (κ3) is 2.57. The van der Waals surface area contributed by atoms with Crippen molar-refractivity contribution < 1.29 is 14.0 Å². The lowest BCUT2D eigenvalue weighted by Gasteiger charge is -2.38. The van der Waals surface area contributed by atoms with E-state index in [1.807, 2.05) is 13.8 Å². The molecular weight excluding hydrogens is 327 g/mol. The van der Waals surface area contributed by atoms with E-state index in [0.717, 1.165) is 5.56 Å². The highest BCUT2D eigenvalue weighted by Crippen LogP contribution is 2.31. The summed E-state index contributed by atoms with van der Waals surface area (Å²) < 4.78 is 14.1. The molecule has 1 unspecified atom stereocenters. The highest BCUT2D eigenvalue weighted by Gasteiger charge is 2.38. The Morgan fingerprint density at radius 2 is 2.05 bits per heavy atom. The van der Waals surface area contributed by atoms with Gasteiger partial charge < -0.3 is 5.32 Å². The number of nitrogens with one attached hydrogen (secondary N) is 1. The van der Waals surface area contributed by atoms with Crippen molar-refractivity contribution in [1.29, 1.82) is 0 Å². The number of nitrogens with zero attached hydrogens (tertiary/aromatic N) is 1. The van der Waals surface area contributed by atoms with E-state index in [9.17, 15) is 14.0 Å². The van der Waals surface area contributed by atoms with E-state index < -0.39 is 11.9 Å². The summed E-state index contributed by atoms with van der Waals surface area (Å²) in [5.41, 5.74) is 1.19. The van der Waals surface area contributed by atoms with E-state index >= 15 is 0 Å². The summed E-state index contributed by atoms with van der Waals surface area (Å²) in [5, 5.41) is 2.58. The zero-order valence-corrected chi connectivity index (χ0v) is 13.1. The molecule has 2 rings (SSSR count). The predicted octanol–water partition coefficient (Wildman–Crippen LogP) is 2.38. The fourth-order valence-corrected chi connectivity index (χ4v) is 2.86. The summed E-state index contributed by atoms with van der Waals surface area (Å²) in [6.07, 6.45) is 0. The Morgan fingerprint density at radius 3 is 2.65 bits per heavy atom. The molecular formula is C14H16BrFN2O2. The van der Waals surface area contributed by atoms with Gasteiger partial charge in [0.05, 0.1) is 16.7 Å². The second-order valence-electron chi connectivity index (χ2n) is 5.22. The number of benzene rings is 1. The minimum Gasteiger partial charge on any atom is -0.345 e. The summed E-state index contributed by atoms with van der Waals surface area (Å²) in [7, 11) is 0. The highest BCUT2D eigenvalue weighted by atomic mass is 79.9. The molecule has 1 aliphatic rings. The number of halogens is 2. The average Bonchev–Trinajstić information content (AvgIpc) is 2.36. The first-order chi connectivity index (χ1) is 9.32. The van der Waals surface area contributed by atoms with Crippen LogP contribution in [0.2, 0.25) is 0 Å². The summed E-state index contributed by atoms with van der Waals surface area (Å²) >= 11 is 3.12. The van der Waals surface area contributed by atoms with Crippen LogP contribution in [0.5, 0.6) is 0 Å². The summed E-state index contributed by atoms with van der Waals surface area (Å²) in [6.45, 7) is 5.46. The van der Waals surface area contributed by atoms with E-state index in [1.165, 1.54) is 11.0 Å². The maximum atomic E-state index is 13.8. The fourth-order valence-electron chi connectivity index (χ4n) is 2.41. The van der Waals surface area contributed by atoms with E-state index in [1.54, 1.807) is 13.0 Å². The molecule has 0 radical (unpaired) electrons. The number of piperazine rings is 1. The summed E-state index contributed by atoms with van der Waals surface area (Å²) in [4.78, 5) is 25.6. The Kier molecular flexibility index (Phi) is 4.13. The molecule has 0 saturated carbocycles. The topological polar surface area (TPSA) is 49.4 Å². The molecule has 0 aliphatic carbocycles. The van der Waals surface area contributed by atoms with Gasteiger partial charge in [0.15, 0.2) is 0 Å². The molecule has 1 heterocycles. The quantitative estimate of drug-likeness (QED) is 0.896. The molecule has 108 valence electrons. The van der Waals surface area contributed by atoms with Crippen LogP contribution in [0.3, 0.4) is 0 Å². The lowest BCUT2D eigenvalue weighted by Crippen LogP contribution is -2.60. The molecule has 1 aromatic carbocycles. The highest BCUT2D eigenvalue weighted by molar-refractivity contribution is 9.10. The third-order valence-corrected chi connectivity index (χ3v) is 3.97. The molecule has 1 fully saturated rings. The molecule has 2 amide bonds. The lowest BCUT2D eigenvalue weighted by molar-refractivity contribution is -0.131. The minimum atomic E-state index is -0.615. The second kappa shape index (κ2) is 5.52. The number of aryl methyl sites for hydroxylation is 1. The van der Waals surface area contributed by atoms with Crippen molar-refractivity contribution in [1.82, 2.24) is 5.32 Å². The zero-order valence-electron chi connectivity index (χ0n) is 11.5. The second-order valence-corrected chi connectivity index (χ2v) is 6.08. The van der Waals surface area contributed by atoms with Crippen molar-refractivity contribution >= 4 is 33.4 Å². The van der Waals surface area contributed by atoms with Gasteiger partial charge in [0.25, 0.3) is 0 Å². The zero-order chi connectivity index (χ0) is 15.0. The fraction of sp³-hybridized carbons (Fsp3) is 0.429. The molecule has 0 bridgehead atoms. The molecule has 1 aromatic rings. The summed E-state index contributed by atoms with van der Waals surface area (Å²) in [6, 6.07) is 2.29. The van der Waals surface area contributed by atoms with E-state index in [2.05, 4.69) is 21.2 Å². The van der Waals surface area contributed by atoms with Crippen LogP contribution in [0.4, 0.5) is 10.1 Å². The van der Waals surface area contributed by atoms with Crippen LogP contribution in [-0.4, -0.2) is 24.4 Å². The molecule has 0 spiro atoms. The Bertz CT molecular complexity index is 575. The van der Waals surface area contributed by atoms with Crippen LogP contribution < -0.4 is 10.2 Å². The number of carbonyl (C=O) groups excluding carboxylic acids is 2. The molecule has 1 atom stereocenters. The summed E-state index contributed by atoms with van der Waals surface area (Å²) in [5.74, 6) is -0.951. The van der Waals surface area contributed by atoms with Crippen molar-refractivity contribution in [3.63, 3.8) is 0 Å².